The Morgan fingerprint density at radius 1 is 1.27 bits per heavy atom. The van der Waals surface area contributed by atoms with Gasteiger partial charge in [-0.1, -0.05) is 23.2 Å². The van der Waals surface area contributed by atoms with Crippen molar-refractivity contribution in [2.75, 3.05) is 18.5 Å². The first-order valence-corrected chi connectivity index (χ1v) is 7.82. The van der Waals surface area contributed by atoms with Crippen molar-refractivity contribution in [3.8, 4) is 0 Å². The molecule has 5 nitrogen and oxygen atoms in total. The molecule has 0 unspecified atom stereocenters. The van der Waals surface area contributed by atoms with Gasteiger partial charge in [-0.2, -0.15) is 0 Å². The van der Waals surface area contributed by atoms with Crippen molar-refractivity contribution >= 4 is 40.8 Å². The maximum atomic E-state index is 11.8. The number of hydrogen-bond donors (Lipinski definition) is 1. The first-order valence-electron chi connectivity index (χ1n) is 7.07. The fraction of sp³-hybridized carbons (Fsp3) is 0.467. The molecule has 1 aliphatic heterocycles. The molecular formula is C15H17Cl2NO4. The second-order valence-electron chi connectivity index (χ2n) is 5.00. The van der Waals surface area contributed by atoms with Gasteiger partial charge in [-0.15, -0.1) is 0 Å². The van der Waals surface area contributed by atoms with Gasteiger partial charge in [-0.25, -0.2) is 0 Å². The molecule has 0 aliphatic carbocycles. The Kier molecular flexibility index (Phi) is 6.49. The molecule has 1 heterocycles. The molecule has 2 rings (SSSR count). The number of ether oxygens (including phenoxy) is 2. The highest BCUT2D eigenvalue weighted by atomic mass is 35.5. The summed E-state index contributed by atoms with van der Waals surface area (Å²) in [5, 5.41) is 3.42. The van der Waals surface area contributed by atoms with Gasteiger partial charge in [0.05, 0.1) is 22.6 Å². The smallest absolute Gasteiger partial charge is 0.306 e. The first kappa shape index (κ1) is 17.1. The van der Waals surface area contributed by atoms with Crippen LogP contribution in [0.2, 0.25) is 10.0 Å². The van der Waals surface area contributed by atoms with E-state index in [1.54, 1.807) is 18.2 Å². The van der Waals surface area contributed by atoms with Gasteiger partial charge in [0.15, 0.2) is 0 Å². The van der Waals surface area contributed by atoms with E-state index in [1.165, 1.54) is 0 Å². The van der Waals surface area contributed by atoms with E-state index < -0.39 is 5.97 Å². The molecule has 1 aromatic rings. The summed E-state index contributed by atoms with van der Waals surface area (Å²) in [6.45, 7) is 0.974. The summed E-state index contributed by atoms with van der Waals surface area (Å²) in [4.78, 5) is 23.3. The van der Waals surface area contributed by atoms with Crippen LogP contribution in [0.25, 0.3) is 0 Å². The van der Waals surface area contributed by atoms with Crippen LogP contribution in [0.3, 0.4) is 0 Å². The molecule has 0 spiro atoms. The summed E-state index contributed by atoms with van der Waals surface area (Å²) in [6.07, 6.45) is 1.97. The van der Waals surface area contributed by atoms with E-state index in [-0.39, 0.29) is 31.5 Å². The fourth-order valence-electron chi connectivity index (χ4n) is 2.05. The maximum Gasteiger partial charge on any atom is 0.306 e. The minimum atomic E-state index is -0.403. The number of rotatable bonds is 6. The van der Waals surface area contributed by atoms with Gasteiger partial charge < -0.3 is 14.8 Å². The summed E-state index contributed by atoms with van der Waals surface area (Å²) in [6, 6.07) is 4.79. The predicted molar refractivity (Wildman–Crippen MR) is 84.3 cm³/mol. The van der Waals surface area contributed by atoms with Crippen molar-refractivity contribution in [1.29, 1.82) is 0 Å². The van der Waals surface area contributed by atoms with Gasteiger partial charge in [0.2, 0.25) is 5.91 Å². The molecule has 0 bridgehead atoms. The summed E-state index contributed by atoms with van der Waals surface area (Å²) in [5.74, 6) is -0.688. The Labute approximate surface area is 138 Å². The third-order valence-corrected chi connectivity index (χ3v) is 3.95. The highest BCUT2D eigenvalue weighted by Gasteiger charge is 2.17. The van der Waals surface area contributed by atoms with Crippen LogP contribution in [0.5, 0.6) is 0 Å². The summed E-state index contributed by atoms with van der Waals surface area (Å²) in [5.41, 5.74) is 0.534. The van der Waals surface area contributed by atoms with Gasteiger partial charge >= 0.3 is 5.97 Å². The highest BCUT2D eigenvalue weighted by Crippen LogP contribution is 2.25. The van der Waals surface area contributed by atoms with Crippen molar-refractivity contribution in [2.24, 2.45) is 0 Å². The van der Waals surface area contributed by atoms with Gasteiger partial charge in [0.1, 0.15) is 6.61 Å². The van der Waals surface area contributed by atoms with E-state index in [4.69, 9.17) is 32.7 Å². The molecule has 120 valence electrons. The van der Waals surface area contributed by atoms with E-state index in [0.29, 0.717) is 22.3 Å². The number of halogens is 2. The van der Waals surface area contributed by atoms with E-state index in [9.17, 15) is 9.59 Å². The van der Waals surface area contributed by atoms with E-state index in [1.807, 2.05) is 0 Å². The molecule has 7 heteroatoms. The van der Waals surface area contributed by atoms with E-state index in [0.717, 1.165) is 12.8 Å². The Bertz CT molecular complexity index is 544. The number of benzene rings is 1. The van der Waals surface area contributed by atoms with Crippen LogP contribution < -0.4 is 5.32 Å². The molecule has 1 atom stereocenters. The summed E-state index contributed by atoms with van der Waals surface area (Å²) in [7, 11) is 0. The molecule has 0 radical (unpaired) electrons. The molecule has 0 aromatic heterocycles. The van der Waals surface area contributed by atoms with Crippen molar-refractivity contribution < 1.29 is 19.1 Å². The van der Waals surface area contributed by atoms with E-state index in [2.05, 4.69) is 5.32 Å². The van der Waals surface area contributed by atoms with Crippen LogP contribution in [0.1, 0.15) is 25.7 Å². The van der Waals surface area contributed by atoms with Crippen molar-refractivity contribution in [2.45, 2.75) is 31.8 Å². The molecule has 0 saturated carbocycles. The van der Waals surface area contributed by atoms with Crippen LogP contribution >= 0.6 is 23.2 Å². The van der Waals surface area contributed by atoms with E-state index >= 15 is 0 Å². The Morgan fingerprint density at radius 3 is 2.77 bits per heavy atom. The summed E-state index contributed by atoms with van der Waals surface area (Å²) < 4.78 is 10.4. The highest BCUT2D eigenvalue weighted by molar-refractivity contribution is 6.42. The lowest BCUT2D eigenvalue weighted by molar-refractivity contribution is -0.147. The Hall–Kier alpha value is -1.30. The summed E-state index contributed by atoms with van der Waals surface area (Å²) >= 11 is 11.7. The van der Waals surface area contributed by atoms with Crippen LogP contribution in [0.4, 0.5) is 5.69 Å². The molecular weight excluding hydrogens is 329 g/mol. The van der Waals surface area contributed by atoms with Gasteiger partial charge in [0.25, 0.3) is 0 Å². The monoisotopic (exact) mass is 345 g/mol. The third kappa shape index (κ3) is 5.48. The van der Waals surface area contributed by atoms with Gasteiger partial charge in [-0.05, 0) is 31.0 Å². The van der Waals surface area contributed by atoms with Gasteiger partial charge in [-0.3, -0.25) is 9.59 Å². The average molecular weight is 346 g/mol. The number of carbonyl (C=O) groups is 2. The molecule has 1 amide bonds. The number of amides is 1. The topological polar surface area (TPSA) is 64.6 Å². The predicted octanol–water partition coefficient (Wildman–Crippen LogP) is 3.43. The van der Waals surface area contributed by atoms with Crippen LogP contribution in [0, 0.1) is 0 Å². The second kappa shape index (κ2) is 8.36. The number of anilines is 1. The molecule has 1 N–H and O–H groups in total. The number of esters is 1. The maximum absolute atomic E-state index is 11.8. The molecule has 1 fully saturated rings. The normalized spacial score (nSPS) is 17.3. The largest absolute Gasteiger partial charge is 0.463 e. The van der Waals surface area contributed by atoms with Crippen LogP contribution in [-0.4, -0.2) is 31.2 Å². The van der Waals surface area contributed by atoms with Gasteiger partial charge in [0, 0.05) is 18.7 Å². The third-order valence-electron chi connectivity index (χ3n) is 3.21. The molecule has 22 heavy (non-hydrogen) atoms. The van der Waals surface area contributed by atoms with Crippen molar-refractivity contribution in [3.05, 3.63) is 28.2 Å². The minimum absolute atomic E-state index is 0.00557. The molecule has 1 saturated heterocycles. The average Bonchev–Trinajstić information content (AvgIpc) is 3.00. The standard InChI is InChI=1S/C15H17Cl2NO4/c16-12-4-3-10(8-13(12)17)18-14(19)5-6-15(20)22-9-11-2-1-7-21-11/h3-4,8,11H,1-2,5-7,9H2,(H,18,19)/t11-/m0/s1. The molecule has 1 aliphatic rings. The SMILES string of the molecule is O=C(CCC(=O)OC[C@@H]1CCCO1)Nc1ccc(Cl)c(Cl)c1. The lowest BCUT2D eigenvalue weighted by Crippen LogP contribution is -2.19. The van der Waals surface area contributed by atoms with Crippen LogP contribution in [0.15, 0.2) is 18.2 Å². The zero-order valence-corrected chi connectivity index (χ0v) is 13.5. The zero-order valence-electron chi connectivity index (χ0n) is 11.9. The fourth-order valence-corrected chi connectivity index (χ4v) is 2.34. The number of carbonyl (C=O) groups excluding carboxylic acids is 2. The first-order chi connectivity index (χ1) is 10.5. The lowest BCUT2D eigenvalue weighted by atomic mass is 10.2. The quantitative estimate of drug-likeness (QED) is 0.802. The minimum Gasteiger partial charge on any atom is -0.463 e. The van der Waals surface area contributed by atoms with Crippen molar-refractivity contribution in [1.82, 2.24) is 0 Å². The Morgan fingerprint density at radius 2 is 2.09 bits per heavy atom. The Balaban J connectivity index is 1.68. The lowest BCUT2D eigenvalue weighted by Gasteiger charge is -2.10. The zero-order chi connectivity index (χ0) is 15.9. The van der Waals surface area contributed by atoms with Crippen LogP contribution in [-0.2, 0) is 19.1 Å². The number of nitrogens with one attached hydrogen (secondary N) is 1. The second-order valence-corrected chi connectivity index (χ2v) is 5.81. The van der Waals surface area contributed by atoms with Crippen molar-refractivity contribution in [3.63, 3.8) is 0 Å². The number of hydrogen-bond acceptors (Lipinski definition) is 4. The molecule has 1 aromatic carbocycles.